The summed E-state index contributed by atoms with van der Waals surface area (Å²) in [6.07, 6.45) is 0. The number of fused-ring (bicyclic) bond motifs is 1. The molecule has 1 N–H and O–H groups in total. The Bertz CT molecular complexity index is 560. The second-order valence-corrected chi connectivity index (χ2v) is 5.53. The molecule has 0 atom stereocenters. The van der Waals surface area contributed by atoms with Crippen LogP contribution in [0.15, 0.2) is 22.7 Å². The Balaban J connectivity index is 2.47. The van der Waals surface area contributed by atoms with Crippen molar-refractivity contribution in [1.29, 1.82) is 0 Å². The zero-order valence-corrected chi connectivity index (χ0v) is 12.8. The lowest BCUT2D eigenvalue weighted by molar-refractivity contribution is 0.415. The molecule has 0 bridgehead atoms. The van der Waals surface area contributed by atoms with E-state index in [4.69, 9.17) is 4.74 Å². The van der Waals surface area contributed by atoms with E-state index < -0.39 is 0 Å². The minimum absolute atomic E-state index is 0.476. The van der Waals surface area contributed by atoms with E-state index in [-0.39, 0.29) is 0 Å². The normalized spacial score (nSPS) is 11.4. The quantitative estimate of drug-likeness (QED) is 0.936. The Labute approximate surface area is 116 Å². The molecule has 18 heavy (non-hydrogen) atoms. The summed E-state index contributed by atoms with van der Waals surface area (Å²) in [7, 11) is 3.79. The van der Waals surface area contributed by atoms with Crippen molar-refractivity contribution >= 4 is 26.8 Å². The van der Waals surface area contributed by atoms with Crippen LogP contribution in [0.4, 0.5) is 0 Å². The molecule has 0 fully saturated rings. The fourth-order valence-corrected chi connectivity index (χ4v) is 2.78. The smallest absolute Gasteiger partial charge is 0.119 e. The molecule has 0 aliphatic heterocycles. The topological polar surface area (TPSA) is 26.2 Å². The predicted octanol–water partition coefficient (Wildman–Crippen LogP) is 3.45. The molecule has 0 radical (unpaired) electrons. The van der Waals surface area contributed by atoms with E-state index >= 15 is 0 Å². The van der Waals surface area contributed by atoms with Gasteiger partial charge < -0.3 is 14.6 Å². The first-order valence-corrected chi connectivity index (χ1v) is 6.88. The number of aromatic nitrogens is 1. The van der Waals surface area contributed by atoms with Crippen molar-refractivity contribution in [2.24, 2.45) is 7.05 Å². The molecule has 0 amide bonds. The summed E-state index contributed by atoms with van der Waals surface area (Å²) in [5, 5.41) is 4.64. The van der Waals surface area contributed by atoms with Gasteiger partial charge in [-0.15, -0.1) is 0 Å². The molecule has 1 aromatic carbocycles. The van der Waals surface area contributed by atoms with Crippen molar-refractivity contribution in [2.45, 2.75) is 26.4 Å². The van der Waals surface area contributed by atoms with Gasteiger partial charge in [0.25, 0.3) is 0 Å². The lowest BCUT2D eigenvalue weighted by Gasteiger charge is -2.09. The van der Waals surface area contributed by atoms with Gasteiger partial charge in [-0.05, 0) is 34.1 Å². The maximum Gasteiger partial charge on any atom is 0.119 e. The molecule has 2 rings (SSSR count). The third-order valence-corrected chi connectivity index (χ3v) is 4.02. The van der Waals surface area contributed by atoms with Crippen LogP contribution < -0.4 is 10.1 Å². The molecule has 0 aliphatic rings. The van der Waals surface area contributed by atoms with Gasteiger partial charge in [-0.1, -0.05) is 13.8 Å². The predicted molar refractivity (Wildman–Crippen MR) is 79.1 cm³/mol. The molecule has 0 spiro atoms. The van der Waals surface area contributed by atoms with E-state index in [9.17, 15) is 0 Å². The van der Waals surface area contributed by atoms with Crippen molar-refractivity contribution in [2.75, 3.05) is 7.11 Å². The number of hydrogen-bond acceptors (Lipinski definition) is 2. The lowest BCUT2D eigenvalue weighted by atomic mass is 10.2. The summed E-state index contributed by atoms with van der Waals surface area (Å²) in [6, 6.07) is 6.63. The monoisotopic (exact) mass is 310 g/mol. The van der Waals surface area contributed by atoms with Gasteiger partial charge in [-0.2, -0.15) is 0 Å². The number of ether oxygens (including phenoxy) is 1. The fourth-order valence-electron chi connectivity index (χ4n) is 2.06. The van der Waals surface area contributed by atoms with Crippen LogP contribution >= 0.6 is 15.9 Å². The van der Waals surface area contributed by atoms with Gasteiger partial charge in [0.15, 0.2) is 0 Å². The van der Waals surface area contributed by atoms with Crippen molar-refractivity contribution in [3.8, 4) is 5.75 Å². The van der Waals surface area contributed by atoms with Crippen LogP contribution in [-0.4, -0.2) is 17.7 Å². The fraction of sp³-hybridized carbons (Fsp3) is 0.429. The second-order valence-electron chi connectivity index (χ2n) is 4.74. The largest absolute Gasteiger partial charge is 0.497 e. The van der Waals surface area contributed by atoms with Crippen molar-refractivity contribution in [3.05, 3.63) is 28.4 Å². The molecule has 0 unspecified atom stereocenters. The van der Waals surface area contributed by atoms with Crippen LogP contribution in [0.2, 0.25) is 0 Å². The number of aryl methyl sites for hydroxylation is 1. The molecule has 1 heterocycles. The van der Waals surface area contributed by atoms with E-state index in [1.54, 1.807) is 7.11 Å². The highest BCUT2D eigenvalue weighted by atomic mass is 79.9. The molecular weight excluding hydrogens is 292 g/mol. The Kier molecular flexibility index (Phi) is 3.97. The van der Waals surface area contributed by atoms with E-state index in [1.165, 1.54) is 16.6 Å². The summed E-state index contributed by atoms with van der Waals surface area (Å²) in [5.41, 5.74) is 2.47. The van der Waals surface area contributed by atoms with Crippen LogP contribution in [0.25, 0.3) is 10.9 Å². The molecule has 0 aliphatic carbocycles. The molecular formula is C14H19BrN2O. The number of nitrogens with one attached hydrogen (secondary N) is 1. The summed E-state index contributed by atoms with van der Waals surface area (Å²) >= 11 is 3.70. The minimum Gasteiger partial charge on any atom is -0.497 e. The number of rotatable bonds is 4. The van der Waals surface area contributed by atoms with Crippen LogP contribution in [0.5, 0.6) is 5.75 Å². The van der Waals surface area contributed by atoms with Gasteiger partial charge in [-0.3, -0.25) is 0 Å². The standard InChI is InChI=1S/C14H19BrN2O/c1-9(2)16-8-13-14(15)11-7-10(18-4)5-6-12(11)17(13)3/h5-7,9,16H,8H2,1-4H3. The third-order valence-electron chi connectivity index (χ3n) is 3.14. The summed E-state index contributed by atoms with van der Waals surface area (Å²) in [4.78, 5) is 0. The van der Waals surface area contributed by atoms with Crippen molar-refractivity contribution in [1.82, 2.24) is 9.88 Å². The molecule has 98 valence electrons. The van der Waals surface area contributed by atoms with Crippen LogP contribution in [0.3, 0.4) is 0 Å². The second kappa shape index (κ2) is 5.33. The maximum absolute atomic E-state index is 5.28. The summed E-state index contributed by atoms with van der Waals surface area (Å²) in [6.45, 7) is 5.16. The minimum atomic E-state index is 0.476. The molecule has 0 saturated carbocycles. The first-order valence-electron chi connectivity index (χ1n) is 6.08. The highest BCUT2D eigenvalue weighted by Gasteiger charge is 2.13. The van der Waals surface area contributed by atoms with Crippen molar-refractivity contribution < 1.29 is 4.74 Å². The SMILES string of the molecule is COc1ccc2c(c1)c(Br)c(CNC(C)C)n2C. The van der Waals surface area contributed by atoms with Gasteiger partial charge in [0, 0.05) is 40.7 Å². The van der Waals surface area contributed by atoms with Crippen LogP contribution in [0, 0.1) is 0 Å². The first-order chi connectivity index (χ1) is 8.54. The third kappa shape index (κ3) is 2.40. The average Bonchev–Trinajstić information content (AvgIpc) is 2.59. The van der Waals surface area contributed by atoms with E-state index in [2.05, 4.69) is 58.8 Å². The van der Waals surface area contributed by atoms with Crippen LogP contribution in [0.1, 0.15) is 19.5 Å². The van der Waals surface area contributed by atoms with Gasteiger partial charge in [0.05, 0.1) is 7.11 Å². The van der Waals surface area contributed by atoms with E-state index in [0.29, 0.717) is 6.04 Å². The van der Waals surface area contributed by atoms with Crippen LogP contribution in [-0.2, 0) is 13.6 Å². The Morgan fingerprint density at radius 1 is 1.39 bits per heavy atom. The van der Waals surface area contributed by atoms with Gasteiger partial charge in [-0.25, -0.2) is 0 Å². The number of hydrogen-bond donors (Lipinski definition) is 1. The van der Waals surface area contributed by atoms with Gasteiger partial charge in [0.1, 0.15) is 5.75 Å². The highest BCUT2D eigenvalue weighted by Crippen LogP contribution is 2.32. The van der Waals surface area contributed by atoms with Gasteiger partial charge >= 0.3 is 0 Å². The number of nitrogens with zero attached hydrogens (tertiary/aromatic N) is 1. The molecule has 4 heteroatoms. The number of methoxy groups -OCH3 is 1. The summed E-state index contributed by atoms with van der Waals surface area (Å²) < 4.78 is 8.64. The molecule has 2 aromatic rings. The Morgan fingerprint density at radius 2 is 2.11 bits per heavy atom. The molecule has 3 nitrogen and oxygen atoms in total. The van der Waals surface area contributed by atoms with E-state index in [1.807, 2.05) is 6.07 Å². The zero-order valence-electron chi connectivity index (χ0n) is 11.2. The average molecular weight is 311 g/mol. The van der Waals surface area contributed by atoms with Crippen molar-refractivity contribution in [3.63, 3.8) is 0 Å². The zero-order chi connectivity index (χ0) is 13.3. The summed E-state index contributed by atoms with van der Waals surface area (Å²) in [5.74, 6) is 0.886. The highest BCUT2D eigenvalue weighted by molar-refractivity contribution is 9.10. The molecule has 1 aromatic heterocycles. The van der Waals surface area contributed by atoms with Gasteiger partial charge in [0.2, 0.25) is 0 Å². The lowest BCUT2D eigenvalue weighted by Crippen LogP contribution is -2.23. The number of benzene rings is 1. The van der Waals surface area contributed by atoms with E-state index in [0.717, 1.165) is 16.8 Å². The molecule has 0 saturated heterocycles. The Morgan fingerprint density at radius 3 is 2.72 bits per heavy atom. The maximum atomic E-state index is 5.28. The Hall–Kier alpha value is -1.00. The number of halogens is 1. The first kappa shape index (κ1) is 13.4.